The Morgan fingerprint density at radius 2 is 1.39 bits per heavy atom. The van der Waals surface area contributed by atoms with E-state index in [-0.39, 0.29) is 12.0 Å². The summed E-state index contributed by atoms with van der Waals surface area (Å²) in [6, 6.07) is 15.8. The third kappa shape index (κ3) is 2.86. The zero-order valence-electron chi connectivity index (χ0n) is 13.0. The third-order valence-electron chi connectivity index (χ3n) is 3.82. The van der Waals surface area contributed by atoms with E-state index in [0.29, 0.717) is 5.56 Å². The molecule has 0 atom stereocenters. The molecule has 0 saturated heterocycles. The molecule has 0 amide bonds. The van der Waals surface area contributed by atoms with Crippen LogP contribution in [0.3, 0.4) is 0 Å². The number of hydrogen-bond donors (Lipinski definition) is 0. The molecule has 0 aliphatic rings. The number of ketones is 1. The highest BCUT2D eigenvalue weighted by Gasteiger charge is 2.21. The zero-order chi connectivity index (χ0) is 16.4. The fraction of sp³-hybridized carbons (Fsp3) is 0.100. The Kier molecular flexibility index (Phi) is 3.94. The Morgan fingerprint density at radius 1 is 0.870 bits per heavy atom. The van der Waals surface area contributed by atoms with Crippen LogP contribution in [0.5, 0.6) is 0 Å². The number of furan rings is 1. The lowest BCUT2D eigenvalue weighted by molar-refractivity contribution is -0.104. The number of Topliss-reactive ketones (excluding diaryl/α,β-unsaturated/α-hetero) is 1. The molecule has 0 fully saturated rings. The third-order valence-corrected chi connectivity index (χ3v) is 3.82. The van der Waals surface area contributed by atoms with Gasteiger partial charge in [0.1, 0.15) is 0 Å². The van der Waals surface area contributed by atoms with Gasteiger partial charge in [0.2, 0.25) is 0 Å². The normalized spacial score (nSPS) is 10.5. The Bertz CT molecular complexity index is 853. The second kappa shape index (κ2) is 6.05. The molecular weight excluding hydrogens is 288 g/mol. The van der Waals surface area contributed by atoms with Crippen molar-refractivity contribution < 1.29 is 14.0 Å². The van der Waals surface area contributed by atoms with E-state index in [9.17, 15) is 9.59 Å². The van der Waals surface area contributed by atoms with E-state index in [1.54, 1.807) is 0 Å². The molecule has 1 aromatic heterocycles. The number of carbonyl (C=O) groups excluding carboxylic acids is 2. The van der Waals surface area contributed by atoms with Gasteiger partial charge in [-0.15, -0.1) is 0 Å². The summed E-state index contributed by atoms with van der Waals surface area (Å²) in [6.07, 6.45) is 1.83. The first-order valence-corrected chi connectivity index (χ1v) is 7.35. The zero-order valence-corrected chi connectivity index (χ0v) is 13.0. The fourth-order valence-electron chi connectivity index (χ4n) is 2.55. The largest absolute Gasteiger partial charge is 0.459 e. The van der Waals surface area contributed by atoms with Crippen LogP contribution in [0.4, 0.5) is 0 Å². The summed E-state index contributed by atoms with van der Waals surface area (Å²) >= 11 is 0. The summed E-state index contributed by atoms with van der Waals surface area (Å²) in [4.78, 5) is 22.8. The monoisotopic (exact) mass is 304 g/mol. The van der Waals surface area contributed by atoms with Gasteiger partial charge in [0.15, 0.2) is 12.0 Å². The summed E-state index contributed by atoms with van der Waals surface area (Å²) in [5, 5.41) is 0. The topological polar surface area (TPSA) is 47.3 Å². The van der Waals surface area contributed by atoms with Crippen molar-refractivity contribution in [1.29, 1.82) is 0 Å². The van der Waals surface area contributed by atoms with E-state index in [1.165, 1.54) is 6.26 Å². The highest BCUT2D eigenvalue weighted by atomic mass is 16.3. The Labute approximate surface area is 134 Å². The average Bonchev–Trinajstić information content (AvgIpc) is 3.00. The molecule has 1 heterocycles. The molecule has 2 aromatic carbocycles. The molecule has 3 heteroatoms. The molecule has 0 N–H and O–H groups in total. The van der Waals surface area contributed by atoms with Crippen LogP contribution < -0.4 is 0 Å². The fourth-order valence-corrected chi connectivity index (χ4v) is 2.55. The Balaban J connectivity index is 2.22. The average molecular weight is 304 g/mol. The van der Waals surface area contributed by atoms with Crippen molar-refractivity contribution in [2.75, 3.05) is 0 Å². The molecule has 0 radical (unpaired) electrons. The van der Waals surface area contributed by atoms with E-state index < -0.39 is 5.78 Å². The summed E-state index contributed by atoms with van der Waals surface area (Å²) in [7, 11) is 0. The maximum atomic E-state index is 11.9. The summed E-state index contributed by atoms with van der Waals surface area (Å²) in [6.45, 7) is 4.01. The minimum Gasteiger partial charge on any atom is -0.459 e. The molecular formula is C20H16O3. The van der Waals surface area contributed by atoms with Gasteiger partial charge in [-0.2, -0.15) is 0 Å². The maximum absolute atomic E-state index is 11.9. The molecule has 3 nitrogen and oxygen atoms in total. The summed E-state index contributed by atoms with van der Waals surface area (Å²) in [5.74, 6) is -0.571. The number of hydrogen-bond acceptors (Lipinski definition) is 3. The molecule has 0 bridgehead atoms. The number of benzene rings is 2. The number of carbonyl (C=O) groups is 2. The molecule has 23 heavy (non-hydrogen) atoms. The van der Waals surface area contributed by atoms with Crippen molar-refractivity contribution in [3.05, 3.63) is 71.7 Å². The van der Waals surface area contributed by atoms with Crippen LogP contribution in [0.15, 0.2) is 59.2 Å². The smallest absolute Gasteiger partial charge is 0.261 e. The molecule has 0 aliphatic heterocycles. The first-order valence-electron chi connectivity index (χ1n) is 7.35. The van der Waals surface area contributed by atoms with E-state index in [1.807, 2.05) is 62.4 Å². The van der Waals surface area contributed by atoms with Crippen molar-refractivity contribution in [2.24, 2.45) is 0 Å². The van der Waals surface area contributed by atoms with Gasteiger partial charge in [0, 0.05) is 11.1 Å². The lowest BCUT2D eigenvalue weighted by Gasteiger charge is -2.06. The van der Waals surface area contributed by atoms with Crippen LogP contribution in [0.2, 0.25) is 0 Å². The van der Waals surface area contributed by atoms with E-state index in [0.717, 1.165) is 27.8 Å². The van der Waals surface area contributed by atoms with Gasteiger partial charge in [0.05, 0.1) is 6.26 Å². The minimum atomic E-state index is -0.654. The quantitative estimate of drug-likeness (QED) is 0.401. The maximum Gasteiger partial charge on any atom is 0.261 e. The van der Waals surface area contributed by atoms with Crippen molar-refractivity contribution in [3.63, 3.8) is 0 Å². The first kappa shape index (κ1) is 15.0. The second-order valence-corrected chi connectivity index (χ2v) is 5.57. The minimum absolute atomic E-state index is 0.0828. The van der Waals surface area contributed by atoms with Gasteiger partial charge < -0.3 is 4.42 Å². The van der Waals surface area contributed by atoms with Crippen LogP contribution in [0, 0.1) is 13.8 Å². The van der Waals surface area contributed by atoms with Crippen molar-refractivity contribution in [3.8, 4) is 22.3 Å². The van der Waals surface area contributed by atoms with Crippen molar-refractivity contribution in [1.82, 2.24) is 0 Å². The van der Waals surface area contributed by atoms with Crippen LogP contribution in [0.25, 0.3) is 22.3 Å². The second-order valence-electron chi connectivity index (χ2n) is 5.57. The van der Waals surface area contributed by atoms with Gasteiger partial charge in [-0.25, -0.2) is 0 Å². The summed E-state index contributed by atoms with van der Waals surface area (Å²) < 4.78 is 5.44. The number of aryl methyl sites for hydroxylation is 2. The molecule has 3 rings (SSSR count). The van der Waals surface area contributed by atoms with Gasteiger partial charge >= 0.3 is 0 Å². The first-order chi connectivity index (χ1) is 11.1. The molecule has 114 valence electrons. The van der Waals surface area contributed by atoms with Crippen LogP contribution in [-0.2, 0) is 4.79 Å². The van der Waals surface area contributed by atoms with Crippen molar-refractivity contribution >= 4 is 12.1 Å². The molecule has 0 spiro atoms. The molecule has 0 unspecified atom stereocenters. The van der Waals surface area contributed by atoms with Crippen LogP contribution in [-0.4, -0.2) is 12.1 Å². The highest BCUT2D eigenvalue weighted by Crippen LogP contribution is 2.37. The van der Waals surface area contributed by atoms with Gasteiger partial charge in [0.25, 0.3) is 5.78 Å². The predicted molar refractivity (Wildman–Crippen MR) is 89.4 cm³/mol. The standard InChI is InChI=1S/C20H16O3/c1-13-3-7-15(8-4-13)17-12-23-20(18(22)11-21)19(17)16-9-5-14(2)6-10-16/h3-12H,1-2H3. The Hall–Kier alpha value is -2.94. The Morgan fingerprint density at radius 3 is 1.91 bits per heavy atom. The van der Waals surface area contributed by atoms with Crippen LogP contribution in [0.1, 0.15) is 21.7 Å². The van der Waals surface area contributed by atoms with Crippen molar-refractivity contribution in [2.45, 2.75) is 13.8 Å². The SMILES string of the molecule is Cc1ccc(-c2coc(C(=O)C=O)c2-c2ccc(C)cc2)cc1. The predicted octanol–water partition coefficient (Wildman–Crippen LogP) is 4.61. The van der Waals surface area contributed by atoms with E-state index >= 15 is 0 Å². The van der Waals surface area contributed by atoms with Gasteiger partial charge in [-0.1, -0.05) is 59.7 Å². The van der Waals surface area contributed by atoms with Gasteiger partial charge in [-0.3, -0.25) is 9.59 Å². The number of rotatable bonds is 4. The molecule has 3 aromatic rings. The molecule has 0 aliphatic carbocycles. The van der Waals surface area contributed by atoms with Crippen LogP contribution >= 0.6 is 0 Å². The highest BCUT2D eigenvalue weighted by molar-refractivity contribution is 6.34. The molecule has 0 saturated carbocycles. The number of aldehydes is 1. The lowest BCUT2D eigenvalue weighted by Crippen LogP contribution is -2.00. The van der Waals surface area contributed by atoms with Gasteiger partial charge in [-0.05, 0) is 25.0 Å². The summed E-state index contributed by atoms with van der Waals surface area (Å²) in [5.41, 5.74) is 5.53. The van der Waals surface area contributed by atoms with E-state index in [4.69, 9.17) is 4.42 Å². The van der Waals surface area contributed by atoms with E-state index in [2.05, 4.69) is 0 Å². The lowest BCUT2D eigenvalue weighted by atomic mass is 9.95.